The number of unbranched alkanes of at least 4 members (excludes halogenated alkanes) is 5. The molecule has 0 spiro atoms. The van der Waals surface area contributed by atoms with Crippen molar-refractivity contribution in [2.24, 2.45) is 0 Å². The van der Waals surface area contributed by atoms with Crippen molar-refractivity contribution >= 4 is 29.5 Å². The number of hydrogen-bond acceptors (Lipinski definition) is 14. The number of carboxylic acids is 1. The van der Waals surface area contributed by atoms with Gasteiger partial charge in [0.25, 0.3) is 0 Å². The predicted octanol–water partition coefficient (Wildman–Crippen LogP) is 2.17. The summed E-state index contributed by atoms with van der Waals surface area (Å²) in [6, 6.07) is 2.62. The number of phenols is 1. The first-order valence-electron chi connectivity index (χ1n) is 17.8. The number of aliphatic carboxylic acids is 1. The van der Waals surface area contributed by atoms with Gasteiger partial charge in [0.15, 0.2) is 23.1 Å². The summed E-state index contributed by atoms with van der Waals surface area (Å²) in [6.07, 6.45) is -2.83. The molecule has 15 nitrogen and oxygen atoms in total. The largest absolute Gasteiger partial charge is 0.507 e. The van der Waals surface area contributed by atoms with E-state index in [4.69, 9.17) is 24.1 Å². The Labute approximate surface area is 299 Å². The average molecular weight is 731 g/mol. The maximum Gasteiger partial charge on any atom is 0.306 e. The number of phenolic OH excluding ortho intramolecular Hbond substituents is 1. The van der Waals surface area contributed by atoms with Gasteiger partial charge in [-0.25, -0.2) is 0 Å². The molecule has 1 aromatic rings. The number of ketones is 2. The number of carbonyl (C=O) groups is 5. The highest BCUT2D eigenvalue weighted by molar-refractivity contribution is 6.17. The van der Waals surface area contributed by atoms with Crippen molar-refractivity contribution in [1.29, 1.82) is 0 Å². The fourth-order valence-corrected chi connectivity index (χ4v) is 9.06. The van der Waals surface area contributed by atoms with Crippen molar-refractivity contribution in [2.45, 2.75) is 150 Å². The minimum Gasteiger partial charge on any atom is -0.507 e. The van der Waals surface area contributed by atoms with Crippen LogP contribution in [0.1, 0.15) is 125 Å². The van der Waals surface area contributed by atoms with E-state index >= 15 is 0 Å². The zero-order valence-electron chi connectivity index (χ0n) is 29.3. The summed E-state index contributed by atoms with van der Waals surface area (Å²) in [7, 11) is 0. The van der Waals surface area contributed by atoms with Gasteiger partial charge < -0.3 is 49.6 Å². The van der Waals surface area contributed by atoms with Gasteiger partial charge in [-0.3, -0.25) is 24.0 Å². The number of ether oxygens (including phenoxy) is 4. The van der Waals surface area contributed by atoms with Gasteiger partial charge in [0.05, 0.1) is 18.3 Å². The van der Waals surface area contributed by atoms with Gasteiger partial charge >= 0.3 is 17.9 Å². The van der Waals surface area contributed by atoms with Crippen LogP contribution in [0.2, 0.25) is 0 Å². The molecule has 2 heterocycles. The number of aliphatic hydroxyl groups excluding tert-OH is 2. The number of epoxide rings is 1. The predicted molar refractivity (Wildman–Crippen MR) is 176 cm³/mol. The van der Waals surface area contributed by atoms with Gasteiger partial charge in [0, 0.05) is 55.7 Å². The maximum absolute atomic E-state index is 14.3. The second-order valence-electron chi connectivity index (χ2n) is 14.9. The lowest BCUT2D eigenvalue weighted by molar-refractivity contribution is -0.210. The molecule has 1 saturated carbocycles. The lowest BCUT2D eigenvalue weighted by Crippen LogP contribution is -2.78. The Morgan fingerprint density at radius 1 is 0.981 bits per heavy atom. The molecule has 52 heavy (non-hydrogen) atoms. The molecule has 3 fully saturated rings. The highest BCUT2D eigenvalue weighted by Crippen LogP contribution is 2.73. The summed E-state index contributed by atoms with van der Waals surface area (Å²) in [5, 5.41) is 67.1. The van der Waals surface area contributed by atoms with E-state index in [1.165, 1.54) is 19.1 Å². The number of aromatic hydroxyl groups is 1. The van der Waals surface area contributed by atoms with E-state index in [0.717, 1.165) is 31.8 Å². The number of carboxylic acid groups (broad SMARTS) is 1. The van der Waals surface area contributed by atoms with Crippen molar-refractivity contribution in [2.75, 3.05) is 0 Å². The number of rotatable bonds is 12. The normalized spacial score (nSPS) is 37.5. The van der Waals surface area contributed by atoms with Gasteiger partial charge in [-0.15, -0.1) is 0 Å². The van der Waals surface area contributed by atoms with Crippen LogP contribution in [0.15, 0.2) is 23.8 Å². The van der Waals surface area contributed by atoms with Crippen LogP contribution in [-0.4, -0.2) is 107 Å². The Morgan fingerprint density at radius 3 is 2.29 bits per heavy atom. The molecular formula is C37H46O15. The molecule has 2 aliphatic heterocycles. The summed E-state index contributed by atoms with van der Waals surface area (Å²) in [4.78, 5) is 63.2. The van der Waals surface area contributed by atoms with E-state index in [2.05, 4.69) is 0 Å². The number of benzene rings is 1. The molecule has 10 atom stereocenters. The first-order chi connectivity index (χ1) is 24.4. The minimum absolute atomic E-state index is 0.0834. The maximum atomic E-state index is 14.3. The molecule has 1 aromatic carbocycles. The molecule has 5 aliphatic rings. The van der Waals surface area contributed by atoms with Crippen LogP contribution in [0, 0.1) is 0 Å². The van der Waals surface area contributed by atoms with Gasteiger partial charge in [0.1, 0.15) is 23.6 Å². The first kappa shape index (κ1) is 38.0. The number of aliphatic hydroxyl groups is 4. The number of esters is 2. The molecule has 3 aliphatic carbocycles. The number of Topliss-reactive ketones (excluding diaryl/α,β-unsaturated/α-hetero) is 1. The summed E-state index contributed by atoms with van der Waals surface area (Å²) in [5.74, 6) is -4.59. The van der Waals surface area contributed by atoms with E-state index in [9.17, 15) is 49.5 Å². The van der Waals surface area contributed by atoms with Gasteiger partial charge in [-0.2, -0.15) is 0 Å². The summed E-state index contributed by atoms with van der Waals surface area (Å²) < 4.78 is 23.2. The van der Waals surface area contributed by atoms with E-state index in [0.29, 0.717) is 18.4 Å². The second-order valence-corrected chi connectivity index (χ2v) is 14.9. The average Bonchev–Trinajstić information content (AvgIpc) is 3.79. The Morgan fingerprint density at radius 2 is 1.63 bits per heavy atom. The first-order valence-corrected chi connectivity index (χ1v) is 17.8. The standard InChI is InChI=1S/C37H46O15/c1-18-14-25(39)36(48)34(47,16-18)17-26(40)35-33(46)29-22(32(45)37(35,36)52-35)13-12-21(30(29)44)23-15-24(31(19(2)49-23)50-20(3)38)51-28(43)11-9-7-5-4-6-8-10-27(41)42/h12-14,19,23-24,26,31,33,40,44,46-48H,4-11,15-17H2,1-3H3,(H,41,42)/t19-,23?,24-,26+,31-,33+,34-,35-,36-,37+/m1/s1. The molecule has 6 N–H and O–H groups in total. The molecule has 6 rings (SSSR count). The third-order valence-electron chi connectivity index (χ3n) is 11.4. The fourth-order valence-electron chi connectivity index (χ4n) is 9.06. The molecule has 0 amide bonds. The molecule has 284 valence electrons. The SMILES string of the molecule is CC(=O)O[C@@H]1[C@@H](C)OC(c2ccc3c(c2O)[C@H](O)[C@@]24O[C@]2(C3=O)[C@@]2(O)C(=O)C=C(C)C[C@@]2(O)C[C@@H]4O)C[C@H]1OC(=O)CCCCCCCCC(=O)O. The van der Waals surface area contributed by atoms with E-state index in [1.807, 2.05) is 0 Å². The van der Waals surface area contributed by atoms with Crippen LogP contribution in [-0.2, 0) is 38.1 Å². The molecular weight excluding hydrogens is 684 g/mol. The Hall–Kier alpha value is -3.73. The molecule has 0 aromatic heterocycles. The third kappa shape index (κ3) is 5.67. The zero-order valence-corrected chi connectivity index (χ0v) is 29.3. The lowest BCUT2D eigenvalue weighted by atomic mass is 9.50. The second kappa shape index (κ2) is 13.6. The molecule has 2 saturated heterocycles. The quantitative estimate of drug-likeness (QED) is 0.102. The van der Waals surface area contributed by atoms with Crippen molar-refractivity contribution in [3.63, 3.8) is 0 Å². The Kier molecular flexibility index (Phi) is 9.94. The Bertz CT molecular complexity index is 1700. The van der Waals surface area contributed by atoms with Crippen LogP contribution < -0.4 is 0 Å². The van der Waals surface area contributed by atoms with Crippen LogP contribution in [0.3, 0.4) is 0 Å². The van der Waals surface area contributed by atoms with Crippen molar-refractivity contribution < 1.29 is 73.6 Å². The monoisotopic (exact) mass is 730 g/mol. The van der Waals surface area contributed by atoms with Crippen molar-refractivity contribution in [1.82, 2.24) is 0 Å². The van der Waals surface area contributed by atoms with Gasteiger partial charge in [-0.1, -0.05) is 43.4 Å². The smallest absolute Gasteiger partial charge is 0.306 e. The molecule has 15 heteroatoms. The van der Waals surface area contributed by atoms with Gasteiger partial charge in [-0.05, 0) is 32.8 Å². The van der Waals surface area contributed by atoms with Crippen molar-refractivity contribution in [3.8, 4) is 5.75 Å². The van der Waals surface area contributed by atoms with Crippen LogP contribution in [0.25, 0.3) is 0 Å². The number of carbonyl (C=O) groups excluding carboxylic acids is 4. The fraction of sp³-hybridized carbons (Fsp3) is 0.649. The van der Waals surface area contributed by atoms with E-state index < -0.39 is 101 Å². The van der Waals surface area contributed by atoms with Gasteiger partial charge in [0.2, 0.25) is 11.4 Å². The topological polar surface area (TPSA) is 247 Å². The number of hydrogen-bond donors (Lipinski definition) is 6. The molecule has 0 bridgehead atoms. The Balaban J connectivity index is 1.23. The number of fused-ring (bicyclic) bond motifs is 2. The summed E-state index contributed by atoms with van der Waals surface area (Å²) in [6.45, 7) is 4.37. The summed E-state index contributed by atoms with van der Waals surface area (Å²) in [5.41, 5.74) is -10.0. The van der Waals surface area contributed by atoms with Crippen LogP contribution in [0.4, 0.5) is 0 Å². The molecule has 0 radical (unpaired) electrons. The highest BCUT2D eigenvalue weighted by atomic mass is 16.7. The third-order valence-corrected chi connectivity index (χ3v) is 11.4. The van der Waals surface area contributed by atoms with Crippen molar-refractivity contribution in [3.05, 3.63) is 40.5 Å². The molecule has 1 unspecified atom stereocenters. The zero-order chi connectivity index (χ0) is 38.0. The highest BCUT2D eigenvalue weighted by Gasteiger charge is 2.96. The van der Waals surface area contributed by atoms with E-state index in [-0.39, 0.29) is 42.4 Å². The minimum atomic E-state index is -2.84. The van der Waals surface area contributed by atoms with Crippen LogP contribution in [0.5, 0.6) is 5.75 Å². The van der Waals surface area contributed by atoms with E-state index in [1.54, 1.807) is 13.8 Å². The van der Waals surface area contributed by atoms with Crippen LogP contribution >= 0.6 is 0 Å². The lowest BCUT2D eigenvalue weighted by Gasteiger charge is -2.54. The summed E-state index contributed by atoms with van der Waals surface area (Å²) >= 11 is 0.